The number of nitrogens with zero attached hydrogens (tertiary/aromatic N) is 1. The summed E-state index contributed by atoms with van der Waals surface area (Å²) >= 11 is 0. The minimum atomic E-state index is -1.30. The molecule has 0 unspecified atom stereocenters. The van der Waals surface area contributed by atoms with Crippen molar-refractivity contribution in [3.05, 3.63) is 78.5 Å². The molecule has 1 aromatic heterocycles. The first-order chi connectivity index (χ1) is 20.7. The SMILES string of the molecule is COc1cc2c(Oc3ccc(NC(=O)C4(C(=O)Nc5ccc(F)cc5)CC4)cc3F)ccnc2cc1OCCCC(=O)[O-].[Li+]. The number of carbonyl (C=O) groups is 3. The Balaban J connectivity index is 0.00000442. The van der Waals surface area contributed by atoms with Gasteiger partial charge in [-0.2, -0.15) is 0 Å². The van der Waals surface area contributed by atoms with Gasteiger partial charge in [-0.25, -0.2) is 8.78 Å². The zero-order valence-corrected chi connectivity index (χ0v) is 23.9. The largest absolute Gasteiger partial charge is 1.00 e. The van der Waals surface area contributed by atoms with E-state index in [0.717, 1.165) is 6.07 Å². The number of hydrogen-bond donors (Lipinski definition) is 2. The number of anilines is 2. The molecule has 1 fully saturated rings. The van der Waals surface area contributed by atoms with Crippen LogP contribution in [-0.4, -0.2) is 36.5 Å². The molecule has 2 amide bonds. The molecule has 1 aliphatic carbocycles. The number of rotatable bonds is 12. The summed E-state index contributed by atoms with van der Waals surface area (Å²) in [5.41, 5.74) is -0.342. The predicted octanol–water partition coefficient (Wildman–Crippen LogP) is 1.58. The molecule has 0 saturated heterocycles. The molecule has 1 saturated carbocycles. The minimum Gasteiger partial charge on any atom is -0.550 e. The van der Waals surface area contributed by atoms with Crippen molar-refractivity contribution in [1.29, 1.82) is 0 Å². The number of pyridine rings is 1. The van der Waals surface area contributed by atoms with Crippen molar-refractivity contribution in [3.63, 3.8) is 0 Å². The third kappa shape index (κ3) is 7.27. The average molecular weight is 598 g/mol. The van der Waals surface area contributed by atoms with E-state index in [0.29, 0.717) is 40.9 Å². The van der Waals surface area contributed by atoms with Crippen LogP contribution in [0.15, 0.2) is 66.9 Å². The van der Waals surface area contributed by atoms with E-state index in [-0.39, 0.29) is 55.5 Å². The summed E-state index contributed by atoms with van der Waals surface area (Å²) in [6.45, 7) is 0.125. The fourth-order valence-corrected chi connectivity index (χ4v) is 4.39. The number of carbonyl (C=O) groups excluding carboxylic acids is 3. The number of aromatic nitrogens is 1. The second-order valence-corrected chi connectivity index (χ2v) is 9.90. The monoisotopic (exact) mass is 597 g/mol. The first kappa shape index (κ1) is 32.3. The van der Waals surface area contributed by atoms with Crippen molar-refractivity contribution >= 4 is 40.1 Å². The standard InChI is InChI=1S/C31H27F2N3O7.Li/c1-41-26-16-21-23(17-27(26)42-14-2-3-28(37)38)34-13-10-24(21)43-25-9-8-20(15-22(25)33)36-30(40)31(11-12-31)29(39)35-19-6-4-18(32)5-7-19;/h4-10,13,15-17H,2-3,11-12,14H2,1H3,(H,35,39)(H,36,40)(H,37,38);/q;+1/p-1. The minimum absolute atomic E-state index is 0. The van der Waals surface area contributed by atoms with Crippen molar-refractivity contribution in [2.75, 3.05) is 24.4 Å². The van der Waals surface area contributed by atoms with E-state index in [1.54, 1.807) is 18.2 Å². The molecule has 4 aromatic rings. The Morgan fingerprint density at radius 1 is 0.886 bits per heavy atom. The van der Waals surface area contributed by atoms with E-state index < -0.39 is 34.8 Å². The van der Waals surface area contributed by atoms with E-state index in [1.165, 1.54) is 49.7 Å². The topological polar surface area (TPSA) is 139 Å². The zero-order chi connectivity index (χ0) is 30.6. The number of hydrogen-bond acceptors (Lipinski definition) is 8. The molecule has 0 spiro atoms. The fourth-order valence-electron chi connectivity index (χ4n) is 4.39. The summed E-state index contributed by atoms with van der Waals surface area (Å²) < 4.78 is 45.2. The molecule has 13 heteroatoms. The van der Waals surface area contributed by atoms with Crippen LogP contribution in [0.1, 0.15) is 25.7 Å². The zero-order valence-electron chi connectivity index (χ0n) is 23.9. The maximum atomic E-state index is 15.1. The van der Waals surface area contributed by atoms with Crippen LogP contribution in [0.3, 0.4) is 0 Å². The number of amides is 2. The summed E-state index contributed by atoms with van der Waals surface area (Å²) in [5.74, 6) is -2.64. The molecule has 44 heavy (non-hydrogen) atoms. The maximum Gasteiger partial charge on any atom is 1.00 e. The van der Waals surface area contributed by atoms with Crippen molar-refractivity contribution in [2.24, 2.45) is 5.41 Å². The van der Waals surface area contributed by atoms with Crippen molar-refractivity contribution in [1.82, 2.24) is 4.98 Å². The van der Waals surface area contributed by atoms with E-state index in [9.17, 15) is 23.9 Å². The number of halogens is 2. The molecule has 222 valence electrons. The van der Waals surface area contributed by atoms with Gasteiger partial charge in [0, 0.05) is 41.1 Å². The van der Waals surface area contributed by atoms with Crippen LogP contribution in [-0.2, 0) is 14.4 Å². The number of aliphatic carboxylic acids is 1. The predicted molar refractivity (Wildman–Crippen MR) is 150 cm³/mol. The number of carboxylic acid groups (broad SMARTS) is 1. The average Bonchev–Trinajstić information content (AvgIpc) is 3.80. The van der Waals surface area contributed by atoms with Gasteiger partial charge in [0.15, 0.2) is 23.1 Å². The van der Waals surface area contributed by atoms with Crippen LogP contribution in [0.2, 0.25) is 0 Å². The van der Waals surface area contributed by atoms with E-state index in [2.05, 4.69) is 15.6 Å². The van der Waals surface area contributed by atoms with Gasteiger partial charge < -0.3 is 34.7 Å². The van der Waals surface area contributed by atoms with E-state index in [1.807, 2.05) is 0 Å². The van der Waals surface area contributed by atoms with Crippen molar-refractivity contribution in [2.45, 2.75) is 25.7 Å². The van der Waals surface area contributed by atoms with Gasteiger partial charge in [0.05, 0.1) is 19.2 Å². The third-order valence-corrected chi connectivity index (χ3v) is 6.90. The molecule has 1 aliphatic rings. The first-order valence-electron chi connectivity index (χ1n) is 13.3. The van der Waals surface area contributed by atoms with Gasteiger partial charge >= 0.3 is 18.9 Å². The van der Waals surface area contributed by atoms with Crippen LogP contribution in [0.4, 0.5) is 20.2 Å². The maximum absolute atomic E-state index is 15.1. The Kier molecular flexibility index (Phi) is 10.1. The number of benzene rings is 3. The Morgan fingerprint density at radius 3 is 2.20 bits per heavy atom. The summed E-state index contributed by atoms with van der Waals surface area (Å²) in [5, 5.41) is 16.4. The number of ether oxygens (including phenoxy) is 3. The van der Waals surface area contributed by atoms with E-state index >= 15 is 4.39 Å². The van der Waals surface area contributed by atoms with Gasteiger partial charge in [0.1, 0.15) is 17.0 Å². The molecular weight excluding hydrogens is 571 g/mol. The summed E-state index contributed by atoms with van der Waals surface area (Å²) in [6, 6.07) is 13.8. The molecule has 3 aromatic carbocycles. The smallest absolute Gasteiger partial charge is 0.550 e. The Morgan fingerprint density at radius 2 is 1.57 bits per heavy atom. The van der Waals surface area contributed by atoms with Crippen LogP contribution in [0.25, 0.3) is 10.9 Å². The Labute approximate surface area is 262 Å². The molecule has 10 nitrogen and oxygen atoms in total. The number of methoxy groups -OCH3 is 1. The number of nitrogens with one attached hydrogen (secondary N) is 2. The third-order valence-electron chi connectivity index (χ3n) is 6.90. The Hall–Kier alpha value is -4.66. The van der Waals surface area contributed by atoms with Gasteiger partial charge in [-0.05, 0) is 74.2 Å². The fraction of sp³-hybridized carbons (Fsp3) is 0.226. The Bertz CT molecular complexity index is 1700. The normalized spacial score (nSPS) is 12.9. The summed E-state index contributed by atoms with van der Waals surface area (Å²) in [4.78, 5) is 40.7. The second kappa shape index (κ2) is 13.8. The van der Waals surface area contributed by atoms with Crippen molar-refractivity contribution in [3.8, 4) is 23.0 Å². The molecular formula is C31H26F2LiN3O7. The van der Waals surface area contributed by atoms with Gasteiger partial charge in [-0.1, -0.05) is 0 Å². The quantitative estimate of drug-likeness (QED) is 0.143. The number of carboxylic acids is 1. The van der Waals surface area contributed by atoms with Crippen molar-refractivity contribution < 1.29 is 61.3 Å². The molecule has 0 atom stereocenters. The van der Waals surface area contributed by atoms with Crippen LogP contribution < -0.4 is 48.8 Å². The molecule has 0 radical (unpaired) electrons. The molecule has 0 bridgehead atoms. The van der Waals surface area contributed by atoms with Gasteiger partial charge in [-0.15, -0.1) is 0 Å². The van der Waals surface area contributed by atoms with Crippen LogP contribution in [0.5, 0.6) is 23.0 Å². The van der Waals surface area contributed by atoms with E-state index in [4.69, 9.17) is 14.2 Å². The van der Waals surface area contributed by atoms with Gasteiger partial charge in [0.25, 0.3) is 0 Å². The second-order valence-electron chi connectivity index (χ2n) is 9.90. The van der Waals surface area contributed by atoms with Crippen LogP contribution in [0, 0.1) is 17.0 Å². The molecule has 5 rings (SSSR count). The van der Waals surface area contributed by atoms with Crippen LogP contribution >= 0.6 is 0 Å². The summed E-state index contributed by atoms with van der Waals surface area (Å²) in [6.07, 6.45) is 2.22. The summed E-state index contributed by atoms with van der Waals surface area (Å²) in [7, 11) is 1.44. The van der Waals surface area contributed by atoms with Gasteiger partial charge in [-0.3, -0.25) is 14.6 Å². The molecule has 2 N–H and O–H groups in total. The number of fused-ring (bicyclic) bond motifs is 1. The molecule has 1 heterocycles. The molecule has 0 aliphatic heterocycles. The first-order valence-corrected chi connectivity index (χ1v) is 13.3. The van der Waals surface area contributed by atoms with Gasteiger partial charge in [0.2, 0.25) is 11.8 Å².